The van der Waals surface area contributed by atoms with Crippen molar-refractivity contribution in [3.8, 4) is 0 Å². The zero-order chi connectivity index (χ0) is 11.9. The van der Waals surface area contributed by atoms with Gasteiger partial charge in [0.15, 0.2) is 0 Å². The van der Waals surface area contributed by atoms with E-state index in [2.05, 4.69) is 19.2 Å². The molecule has 0 bridgehead atoms. The molecule has 1 aliphatic rings. The van der Waals surface area contributed by atoms with Crippen molar-refractivity contribution in [1.82, 2.24) is 5.32 Å². The molecule has 0 saturated carbocycles. The number of hydrogen-bond acceptors (Lipinski definition) is 3. The Kier molecular flexibility index (Phi) is 6.32. The molecule has 1 unspecified atom stereocenters. The Morgan fingerprint density at radius 2 is 2.00 bits per heavy atom. The third-order valence-corrected chi connectivity index (χ3v) is 3.60. The smallest absolute Gasteiger partial charge is 0.0471 e. The molecular weight excluding hydrogens is 200 g/mol. The third kappa shape index (κ3) is 5.28. The summed E-state index contributed by atoms with van der Waals surface area (Å²) in [6.45, 7) is 8.55. The van der Waals surface area contributed by atoms with Crippen molar-refractivity contribution in [2.24, 2.45) is 11.1 Å². The summed E-state index contributed by atoms with van der Waals surface area (Å²) >= 11 is 0. The SMILES string of the molecule is CCCC(N)CCNCC1(C)CCOCC1. The fourth-order valence-electron chi connectivity index (χ4n) is 2.23. The molecule has 0 radical (unpaired) electrons. The summed E-state index contributed by atoms with van der Waals surface area (Å²) in [4.78, 5) is 0. The van der Waals surface area contributed by atoms with Gasteiger partial charge in [0, 0.05) is 25.8 Å². The minimum absolute atomic E-state index is 0.375. The van der Waals surface area contributed by atoms with Crippen LogP contribution in [0.3, 0.4) is 0 Å². The first-order chi connectivity index (χ1) is 7.66. The second-order valence-corrected chi connectivity index (χ2v) is 5.44. The first-order valence-corrected chi connectivity index (χ1v) is 6.70. The van der Waals surface area contributed by atoms with Crippen LogP contribution in [0.15, 0.2) is 0 Å². The first kappa shape index (κ1) is 13.9. The van der Waals surface area contributed by atoms with Crippen LogP contribution in [0.4, 0.5) is 0 Å². The van der Waals surface area contributed by atoms with Crippen LogP contribution >= 0.6 is 0 Å². The molecule has 1 fully saturated rings. The van der Waals surface area contributed by atoms with Crippen LogP contribution < -0.4 is 11.1 Å². The minimum Gasteiger partial charge on any atom is -0.381 e. The van der Waals surface area contributed by atoms with Gasteiger partial charge >= 0.3 is 0 Å². The topological polar surface area (TPSA) is 47.3 Å². The van der Waals surface area contributed by atoms with Gasteiger partial charge in [-0.1, -0.05) is 20.3 Å². The fourth-order valence-corrected chi connectivity index (χ4v) is 2.23. The average molecular weight is 228 g/mol. The highest BCUT2D eigenvalue weighted by Crippen LogP contribution is 2.28. The van der Waals surface area contributed by atoms with Gasteiger partial charge in [-0.15, -0.1) is 0 Å². The van der Waals surface area contributed by atoms with Crippen LogP contribution in [0.5, 0.6) is 0 Å². The van der Waals surface area contributed by atoms with Crippen LogP contribution in [-0.2, 0) is 4.74 Å². The summed E-state index contributed by atoms with van der Waals surface area (Å²) in [6, 6.07) is 0.375. The summed E-state index contributed by atoms with van der Waals surface area (Å²) < 4.78 is 5.39. The lowest BCUT2D eigenvalue weighted by molar-refractivity contribution is 0.0241. The number of nitrogens with two attached hydrogens (primary N) is 1. The molecule has 3 N–H and O–H groups in total. The maximum atomic E-state index is 5.98. The van der Waals surface area contributed by atoms with Crippen molar-refractivity contribution in [3.05, 3.63) is 0 Å². The molecule has 0 amide bonds. The molecule has 1 saturated heterocycles. The van der Waals surface area contributed by atoms with E-state index in [-0.39, 0.29) is 0 Å². The number of ether oxygens (including phenoxy) is 1. The zero-order valence-electron chi connectivity index (χ0n) is 10.9. The molecule has 1 aliphatic heterocycles. The van der Waals surface area contributed by atoms with Crippen LogP contribution in [0.2, 0.25) is 0 Å². The standard InChI is InChI=1S/C13H28N2O/c1-3-4-12(14)5-8-15-11-13(2)6-9-16-10-7-13/h12,15H,3-11,14H2,1-2H3. The van der Waals surface area contributed by atoms with Crippen LogP contribution in [0.25, 0.3) is 0 Å². The molecule has 0 aliphatic carbocycles. The van der Waals surface area contributed by atoms with Crippen molar-refractivity contribution in [3.63, 3.8) is 0 Å². The molecule has 0 spiro atoms. The van der Waals surface area contributed by atoms with Crippen molar-refractivity contribution in [1.29, 1.82) is 0 Å². The molecule has 1 heterocycles. The van der Waals surface area contributed by atoms with Crippen molar-refractivity contribution < 1.29 is 4.74 Å². The molecule has 0 aromatic heterocycles. The van der Waals surface area contributed by atoms with E-state index in [0.29, 0.717) is 11.5 Å². The normalized spacial score (nSPS) is 21.9. The zero-order valence-corrected chi connectivity index (χ0v) is 10.9. The van der Waals surface area contributed by atoms with Crippen LogP contribution in [0.1, 0.15) is 46.0 Å². The van der Waals surface area contributed by atoms with Crippen LogP contribution in [0, 0.1) is 5.41 Å². The van der Waals surface area contributed by atoms with Crippen molar-refractivity contribution >= 4 is 0 Å². The Morgan fingerprint density at radius 3 is 2.62 bits per heavy atom. The Balaban J connectivity index is 2.05. The largest absolute Gasteiger partial charge is 0.381 e. The summed E-state index contributed by atoms with van der Waals surface area (Å²) in [5, 5.41) is 3.55. The highest BCUT2D eigenvalue weighted by molar-refractivity contribution is 4.79. The molecule has 0 aromatic carbocycles. The van der Waals surface area contributed by atoms with Gasteiger partial charge in [0.2, 0.25) is 0 Å². The third-order valence-electron chi connectivity index (χ3n) is 3.60. The second kappa shape index (κ2) is 7.25. The van der Waals surface area contributed by atoms with Gasteiger partial charge in [0.1, 0.15) is 0 Å². The Hall–Kier alpha value is -0.120. The van der Waals surface area contributed by atoms with Gasteiger partial charge < -0.3 is 15.8 Å². The van der Waals surface area contributed by atoms with E-state index in [1.807, 2.05) is 0 Å². The van der Waals surface area contributed by atoms with Crippen LogP contribution in [-0.4, -0.2) is 32.3 Å². The van der Waals surface area contributed by atoms with E-state index in [9.17, 15) is 0 Å². The van der Waals surface area contributed by atoms with Gasteiger partial charge in [-0.3, -0.25) is 0 Å². The maximum absolute atomic E-state index is 5.98. The first-order valence-electron chi connectivity index (χ1n) is 6.70. The highest BCUT2D eigenvalue weighted by atomic mass is 16.5. The lowest BCUT2D eigenvalue weighted by Gasteiger charge is -2.33. The fraction of sp³-hybridized carbons (Fsp3) is 1.00. The number of nitrogens with one attached hydrogen (secondary N) is 1. The minimum atomic E-state index is 0.375. The molecule has 3 heteroatoms. The quantitative estimate of drug-likeness (QED) is 0.654. The summed E-state index contributed by atoms with van der Waals surface area (Å²) in [7, 11) is 0. The summed E-state index contributed by atoms with van der Waals surface area (Å²) in [5.41, 5.74) is 6.41. The monoisotopic (exact) mass is 228 g/mol. The number of rotatable bonds is 7. The van der Waals surface area contributed by atoms with Gasteiger partial charge in [-0.05, 0) is 37.6 Å². The van der Waals surface area contributed by atoms with Crippen molar-refractivity contribution in [2.75, 3.05) is 26.3 Å². The lowest BCUT2D eigenvalue weighted by Crippen LogP contribution is -2.38. The van der Waals surface area contributed by atoms with E-state index in [1.165, 1.54) is 19.3 Å². The van der Waals surface area contributed by atoms with E-state index in [4.69, 9.17) is 10.5 Å². The molecule has 1 rings (SSSR count). The molecule has 0 aromatic rings. The Labute approximate surface area is 100 Å². The number of hydrogen-bond donors (Lipinski definition) is 2. The van der Waals surface area contributed by atoms with E-state index in [1.54, 1.807) is 0 Å². The maximum Gasteiger partial charge on any atom is 0.0471 e. The molecule has 1 atom stereocenters. The summed E-state index contributed by atoms with van der Waals surface area (Å²) in [5.74, 6) is 0. The van der Waals surface area contributed by atoms with E-state index >= 15 is 0 Å². The lowest BCUT2D eigenvalue weighted by atomic mass is 9.82. The van der Waals surface area contributed by atoms with E-state index < -0.39 is 0 Å². The highest BCUT2D eigenvalue weighted by Gasteiger charge is 2.26. The van der Waals surface area contributed by atoms with Gasteiger partial charge in [0.05, 0.1) is 0 Å². The average Bonchev–Trinajstić information content (AvgIpc) is 2.26. The predicted octanol–water partition coefficient (Wildman–Crippen LogP) is 1.91. The van der Waals surface area contributed by atoms with Gasteiger partial charge in [-0.2, -0.15) is 0 Å². The molecular formula is C13H28N2O. The molecule has 96 valence electrons. The van der Waals surface area contributed by atoms with Crippen molar-refractivity contribution in [2.45, 2.75) is 52.0 Å². The second-order valence-electron chi connectivity index (χ2n) is 5.44. The Bertz CT molecular complexity index is 179. The Morgan fingerprint density at radius 1 is 1.31 bits per heavy atom. The summed E-state index contributed by atoms with van der Waals surface area (Å²) in [6.07, 6.45) is 5.80. The van der Waals surface area contributed by atoms with Gasteiger partial charge in [0.25, 0.3) is 0 Å². The van der Waals surface area contributed by atoms with E-state index in [0.717, 1.165) is 39.1 Å². The molecule has 3 nitrogen and oxygen atoms in total. The van der Waals surface area contributed by atoms with Gasteiger partial charge in [-0.25, -0.2) is 0 Å². The molecule has 16 heavy (non-hydrogen) atoms. The predicted molar refractivity (Wildman–Crippen MR) is 68.5 cm³/mol.